The largest absolute Gasteiger partial charge is 0.369 e. The van der Waals surface area contributed by atoms with Crippen LogP contribution in [-0.4, -0.2) is 31.2 Å². The molecule has 0 amide bonds. The molecule has 1 N–H and O–H groups in total. The van der Waals surface area contributed by atoms with Crippen molar-refractivity contribution in [3.05, 3.63) is 23.5 Å². The summed E-state index contributed by atoms with van der Waals surface area (Å²) in [6, 6.07) is 4.47. The maximum atomic E-state index is 5.76. The van der Waals surface area contributed by atoms with E-state index in [1.54, 1.807) is 0 Å². The van der Waals surface area contributed by atoms with Crippen molar-refractivity contribution in [3.63, 3.8) is 0 Å². The second kappa shape index (κ2) is 7.98. The third-order valence-electron chi connectivity index (χ3n) is 2.91. The highest BCUT2D eigenvalue weighted by atomic mass is 35.5. The van der Waals surface area contributed by atoms with Crippen LogP contribution in [-0.2, 0) is 0 Å². The average molecular weight is 299 g/mol. The van der Waals surface area contributed by atoms with Crippen molar-refractivity contribution in [1.29, 1.82) is 0 Å². The molecule has 0 unspecified atom stereocenters. The van der Waals surface area contributed by atoms with Gasteiger partial charge in [-0.05, 0) is 32.0 Å². The standard InChI is InChI=1S/C11H16ClN3.2ClH/c1-13-9-3-2-6-15(8-9)10-4-5-11(12)14-7-10;;/h4-5,7,9,13H,2-3,6,8H2,1H3;2*1H/t9-;;/m0../s1. The number of anilines is 1. The van der Waals surface area contributed by atoms with Crippen molar-refractivity contribution in [1.82, 2.24) is 10.3 Å². The average Bonchev–Trinajstić information content (AvgIpc) is 2.30. The fourth-order valence-corrected chi connectivity index (χ4v) is 2.11. The van der Waals surface area contributed by atoms with E-state index < -0.39 is 0 Å². The van der Waals surface area contributed by atoms with E-state index in [0.717, 1.165) is 13.1 Å². The minimum atomic E-state index is 0. The smallest absolute Gasteiger partial charge is 0.129 e. The molecule has 0 saturated carbocycles. The molecule has 17 heavy (non-hydrogen) atoms. The van der Waals surface area contributed by atoms with Crippen molar-refractivity contribution in [2.45, 2.75) is 18.9 Å². The third kappa shape index (κ3) is 4.51. The lowest BCUT2D eigenvalue weighted by atomic mass is 10.1. The lowest BCUT2D eigenvalue weighted by Crippen LogP contribution is -2.44. The van der Waals surface area contributed by atoms with Crippen LogP contribution in [0.3, 0.4) is 0 Å². The first kappa shape index (κ1) is 16.8. The van der Waals surface area contributed by atoms with Crippen LogP contribution in [0.5, 0.6) is 0 Å². The Kier molecular flexibility index (Phi) is 7.88. The number of likely N-dealkylation sites (N-methyl/N-ethyl adjacent to an activating group) is 1. The topological polar surface area (TPSA) is 28.2 Å². The molecule has 2 rings (SSSR count). The van der Waals surface area contributed by atoms with Crippen molar-refractivity contribution in [3.8, 4) is 0 Å². The highest BCUT2D eigenvalue weighted by Crippen LogP contribution is 2.20. The van der Waals surface area contributed by atoms with E-state index in [-0.39, 0.29) is 24.8 Å². The number of rotatable bonds is 2. The van der Waals surface area contributed by atoms with Crippen molar-refractivity contribution in [2.24, 2.45) is 0 Å². The number of pyridine rings is 1. The molecule has 1 aromatic rings. The van der Waals surface area contributed by atoms with Gasteiger partial charge in [-0.1, -0.05) is 11.6 Å². The Labute approximate surface area is 120 Å². The normalized spacial score (nSPS) is 19.2. The Hall–Kier alpha value is -0.220. The van der Waals surface area contributed by atoms with Crippen LogP contribution in [0.2, 0.25) is 5.15 Å². The van der Waals surface area contributed by atoms with Gasteiger partial charge in [-0.3, -0.25) is 0 Å². The highest BCUT2D eigenvalue weighted by molar-refractivity contribution is 6.29. The predicted octanol–water partition coefficient (Wildman–Crippen LogP) is 2.77. The maximum absolute atomic E-state index is 5.76. The number of piperidine rings is 1. The number of aromatic nitrogens is 1. The van der Waals surface area contributed by atoms with Gasteiger partial charge in [-0.25, -0.2) is 4.98 Å². The van der Waals surface area contributed by atoms with Gasteiger partial charge in [-0.2, -0.15) is 0 Å². The van der Waals surface area contributed by atoms with Gasteiger partial charge in [0.25, 0.3) is 0 Å². The van der Waals surface area contributed by atoms with Crippen LogP contribution in [0.15, 0.2) is 18.3 Å². The van der Waals surface area contributed by atoms with Crippen LogP contribution in [0.25, 0.3) is 0 Å². The molecular weight excluding hydrogens is 281 g/mol. The number of halogens is 3. The number of hydrogen-bond acceptors (Lipinski definition) is 3. The molecule has 0 bridgehead atoms. The van der Waals surface area contributed by atoms with Gasteiger partial charge in [0.1, 0.15) is 5.15 Å². The predicted molar refractivity (Wildman–Crippen MR) is 78.0 cm³/mol. The van der Waals surface area contributed by atoms with Gasteiger partial charge in [0, 0.05) is 19.1 Å². The summed E-state index contributed by atoms with van der Waals surface area (Å²) in [6.07, 6.45) is 4.34. The maximum Gasteiger partial charge on any atom is 0.129 e. The van der Waals surface area contributed by atoms with Gasteiger partial charge in [-0.15, -0.1) is 24.8 Å². The lowest BCUT2D eigenvalue weighted by Gasteiger charge is -2.34. The summed E-state index contributed by atoms with van der Waals surface area (Å²) in [7, 11) is 2.02. The van der Waals surface area contributed by atoms with Gasteiger partial charge < -0.3 is 10.2 Å². The quantitative estimate of drug-likeness (QED) is 0.851. The molecule has 1 aliphatic heterocycles. The van der Waals surface area contributed by atoms with E-state index in [9.17, 15) is 0 Å². The lowest BCUT2D eigenvalue weighted by molar-refractivity contribution is 0.449. The number of nitrogens with one attached hydrogen (secondary N) is 1. The van der Waals surface area contributed by atoms with Crippen molar-refractivity contribution < 1.29 is 0 Å². The van der Waals surface area contributed by atoms with E-state index in [1.807, 2.05) is 25.4 Å². The minimum absolute atomic E-state index is 0. The van der Waals surface area contributed by atoms with E-state index in [0.29, 0.717) is 11.2 Å². The molecule has 0 radical (unpaired) electrons. The Balaban J connectivity index is 0.00000128. The molecule has 1 aromatic heterocycles. The molecule has 6 heteroatoms. The summed E-state index contributed by atoms with van der Waals surface area (Å²) in [5.74, 6) is 0. The van der Waals surface area contributed by atoms with Crippen LogP contribution < -0.4 is 10.2 Å². The summed E-state index contributed by atoms with van der Waals surface area (Å²) in [6.45, 7) is 2.17. The van der Waals surface area contributed by atoms with Gasteiger partial charge in [0.05, 0.1) is 11.9 Å². The zero-order valence-corrected chi connectivity index (χ0v) is 12.1. The molecule has 98 valence electrons. The first-order chi connectivity index (χ1) is 7.29. The first-order valence-corrected chi connectivity index (χ1v) is 5.71. The van der Waals surface area contributed by atoms with Crippen LogP contribution in [0.4, 0.5) is 5.69 Å². The minimum Gasteiger partial charge on any atom is -0.369 e. The van der Waals surface area contributed by atoms with E-state index in [2.05, 4.69) is 15.2 Å². The van der Waals surface area contributed by atoms with E-state index in [4.69, 9.17) is 11.6 Å². The SMILES string of the molecule is CN[C@H]1CCCN(c2ccc(Cl)nc2)C1.Cl.Cl. The molecule has 0 spiro atoms. The molecule has 1 fully saturated rings. The summed E-state index contributed by atoms with van der Waals surface area (Å²) < 4.78 is 0. The fourth-order valence-electron chi connectivity index (χ4n) is 2.00. The molecule has 1 atom stereocenters. The Morgan fingerprint density at radius 3 is 2.76 bits per heavy atom. The third-order valence-corrected chi connectivity index (χ3v) is 3.13. The molecule has 3 nitrogen and oxygen atoms in total. The summed E-state index contributed by atoms with van der Waals surface area (Å²) >= 11 is 5.76. The Bertz CT molecular complexity index is 318. The summed E-state index contributed by atoms with van der Waals surface area (Å²) in [5, 5.41) is 3.88. The summed E-state index contributed by atoms with van der Waals surface area (Å²) in [5.41, 5.74) is 1.17. The second-order valence-corrected chi connectivity index (χ2v) is 4.30. The van der Waals surface area contributed by atoms with Gasteiger partial charge in [0.15, 0.2) is 0 Å². The van der Waals surface area contributed by atoms with Gasteiger partial charge >= 0.3 is 0 Å². The van der Waals surface area contributed by atoms with Crippen LogP contribution in [0, 0.1) is 0 Å². The van der Waals surface area contributed by atoms with Gasteiger partial charge in [0.2, 0.25) is 0 Å². The first-order valence-electron chi connectivity index (χ1n) is 5.33. The molecule has 1 saturated heterocycles. The van der Waals surface area contributed by atoms with E-state index >= 15 is 0 Å². The monoisotopic (exact) mass is 297 g/mol. The zero-order valence-electron chi connectivity index (χ0n) is 9.73. The Morgan fingerprint density at radius 1 is 1.41 bits per heavy atom. The molecule has 1 aliphatic rings. The van der Waals surface area contributed by atoms with Crippen molar-refractivity contribution in [2.75, 3.05) is 25.0 Å². The zero-order chi connectivity index (χ0) is 10.7. The number of nitrogens with zero attached hydrogens (tertiary/aromatic N) is 2. The molecule has 2 heterocycles. The molecule has 0 aromatic carbocycles. The molecular formula is C11H18Cl3N3. The molecule has 0 aliphatic carbocycles. The van der Waals surface area contributed by atoms with Crippen LogP contribution >= 0.6 is 36.4 Å². The van der Waals surface area contributed by atoms with Crippen molar-refractivity contribution >= 4 is 42.1 Å². The van der Waals surface area contributed by atoms with Crippen LogP contribution in [0.1, 0.15) is 12.8 Å². The summed E-state index contributed by atoms with van der Waals surface area (Å²) in [4.78, 5) is 6.46. The number of hydrogen-bond donors (Lipinski definition) is 1. The second-order valence-electron chi connectivity index (χ2n) is 3.91. The van der Waals surface area contributed by atoms with E-state index in [1.165, 1.54) is 18.5 Å². The highest BCUT2D eigenvalue weighted by Gasteiger charge is 2.18. The fraction of sp³-hybridized carbons (Fsp3) is 0.545. The Morgan fingerprint density at radius 2 is 2.18 bits per heavy atom.